The maximum Gasteiger partial charge on any atom is 0.306 e. The van der Waals surface area contributed by atoms with Crippen molar-refractivity contribution in [2.45, 2.75) is 199 Å². The van der Waals surface area contributed by atoms with Crippen LogP contribution >= 0.6 is 0 Å². The number of carbonyl (C=O) groups is 3. The maximum atomic E-state index is 12.7. The summed E-state index contributed by atoms with van der Waals surface area (Å²) in [5.41, 5.74) is 0. The number of allylic oxidation sites excluding steroid dienone is 8. The van der Waals surface area contributed by atoms with E-state index in [1.165, 1.54) is 89.9 Å². The number of likely N-dealkylation sites (N-methyl/N-ethyl adjacent to an activating group) is 1. The van der Waals surface area contributed by atoms with E-state index in [0.717, 1.165) is 64.2 Å². The lowest BCUT2D eigenvalue weighted by atomic mass is 10.1. The molecule has 0 heterocycles. The summed E-state index contributed by atoms with van der Waals surface area (Å²) >= 11 is 0. The first-order valence-electron chi connectivity index (χ1n) is 22.7. The van der Waals surface area contributed by atoms with Crippen LogP contribution in [0.3, 0.4) is 0 Å². The first-order chi connectivity index (χ1) is 27.1. The predicted molar refractivity (Wildman–Crippen MR) is 231 cm³/mol. The van der Waals surface area contributed by atoms with Crippen LogP contribution in [0.1, 0.15) is 187 Å². The molecule has 0 aliphatic heterocycles. The van der Waals surface area contributed by atoms with Crippen molar-refractivity contribution in [1.29, 1.82) is 0 Å². The minimum atomic E-state index is -1.13. The number of nitrogens with zero attached hydrogens (tertiary/aromatic N) is 1. The largest absolute Gasteiger partial charge is 0.544 e. The molecular formula is C48H85NO7. The maximum absolute atomic E-state index is 12.7. The van der Waals surface area contributed by atoms with Gasteiger partial charge in [-0.25, -0.2) is 0 Å². The van der Waals surface area contributed by atoms with E-state index in [2.05, 4.69) is 62.5 Å². The Morgan fingerprint density at radius 3 is 1.34 bits per heavy atom. The molecule has 0 bridgehead atoms. The Morgan fingerprint density at radius 1 is 0.536 bits per heavy atom. The van der Waals surface area contributed by atoms with Crippen molar-refractivity contribution in [2.75, 3.05) is 41.0 Å². The van der Waals surface area contributed by atoms with Crippen LogP contribution in [0.15, 0.2) is 48.6 Å². The van der Waals surface area contributed by atoms with Gasteiger partial charge in [-0.3, -0.25) is 9.59 Å². The van der Waals surface area contributed by atoms with Gasteiger partial charge in [0, 0.05) is 19.3 Å². The monoisotopic (exact) mass is 788 g/mol. The van der Waals surface area contributed by atoms with Crippen LogP contribution in [-0.4, -0.2) is 75.5 Å². The first-order valence-corrected chi connectivity index (χ1v) is 22.7. The SMILES string of the molecule is CCCCCCCCC/C=C/C=C/CCCCCC(=O)OCC(COCCC(C(=O)[O-])[N+](C)(C)C)OC(=O)CCCCC/C=C/C=C/CCCCCCCCC. The van der Waals surface area contributed by atoms with Crippen molar-refractivity contribution in [1.82, 2.24) is 0 Å². The van der Waals surface area contributed by atoms with Gasteiger partial charge in [-0.1, -0.05) is 152 Å². The summed E-state index contributed by atoms with van der Waals surface area (Å²) < 4.78 is 17.1. The lowest BCUT2D eigenvalue weighted by molar-refractivity contribution is -0.889. The van der Waals surface area contributed by atoms with E-state index in [1.54, 1.807) is 21.1 Å². The molecule has 0 fully saturated rings. The smallest absolute Gasteiger partial charge is 0.306 e. The van der Waals surface area contributed by atoms with E-state index in [0.29, 0.717) is 6.42 Å². The van der Waals surface area contributed by atoms with Crippen molar-refractivity contribution in [3.05, 3.63) is 48.6 Å². The minimum absolute atomic E-state index is 0.0209. The molecule has 2 unspecified atom stereocenters. The van der Waals surface area contributed by atoms with E-state index < -0.39 is 18.1 Å². The summed E-state index contributed by atoms with van der Waals surface area (Å²) in [7, 11) is 5.39. The fourth-order valence-corrected chi connectivity index (χ4v) is 6.40. The van der Waals surface area contributed by atoms with Gasteiger partial charge in [0.2, 0.25) is 0 Å². The highest BCUT2D eigenvalue weighted by Gasteiger charge is 2.25. The molecular weight excluding hydrogens is 703 g/mol. The molecule has 0 aliphatic carbocycles. The number of carbonyl (C=O) groups excluding carboxylic acids is 3. The first kappa shape index (κ1) is 53.3. The summed E-state index contributed by atoms with van der Waals surface area (Å²) in [6.07, 6.45) is 45.7. The van der Waals surface area contributed by atoms with Crippen molar-refractivity contribution in [3.8, 4) is 0 Å². The Labute approximate surface area is 344 Å². The second-order valence-electron chi connectivity index (χ2n) is 16.3. The van der Waals surface area contributed by atoms with Crippen molar-refractivity contribution >= 4 is 17.9 Å². The number of unbranched alkanes of at least 4 members (excludes halogenated alkanes) is 20. The number of aliphatic carboxylic acids is 1. The second kappa shape index (κ2) is 39.1. The second-order valence-corrected chi connectivity index (χ2v) is 16.3. The van der Waals surface area contributed by atoms with Gasteiger partial charge in [-0.05, 0) is 64.2 Å². The molecule has 0 aromatic rings. The van der Waals surface area contributed by atoms with Crippen molar-refractivity contribution < 1.29 is 38.2 Å². The molecule has 0 saturated heterocycles. The molecule has 0 N–H and O–H groups in total. The van der Waals surface area contributed by atoms with E-state index in [9.17, 15) is 19.5 Å². The zero-order valence-corrected chi connectivity index (χ0v) is 36.8. The number of quaternary nitrogens is 1. The molecule has 0 saturated carbocycles. The van der Waals surface area contributed by atoms with Crippen molar-refractivity contribution in [2.24, 2.45) is 0 Å². The Bertz CT molecular complexity index is 1060. The Morgan fingerprint density at radius 2 is 0.929 bits per heavy atom. The number of rotatable bonds is 40. The number of esters is 2. The number of ether oxygens (including phenoxy) is 3. The third kappa shape index (κ3) is 36.9. The molecule has 324 valence electrons. The van der Waals surface area contributed by atoms with Gasteiger partial charge in [0.05, 0.1) is 40.3 Å². The zero-order valence-electron chi connectivity index (χ0n) is 36.8. The van der Waals surface area contributed by atoms with Gasteiger partial charge in [0.1, 0.15) is 12.6 Å². The van der Waals surface area contributed by atoms with Gasteiger partial charge in [0.25, 0.3) is 0 Å². The fourth-order valence-electron chi connectivity index (χ4n) is 6.40. The topological polar surface area (TPSA) is 102 Å². The van der Waals surface area contributed by atoms with Gasteiger partial charge < -0.3 is 28.6 Å². The quantitative estimate of drug-likeness (QED) is 0.0264. The minimum Gasteiger partial charge on any atom is -0.544 e. The van der Waals surface area contributed by atoms with Crippen LogP contribution < -0.4 is 5.11 Å². The van der Waals surface area contributed by atoms with E-state index in [-0.39, 0.29) is 49.1 Å². The predicted octanol–water partition coefficient (Wildman–Crippen LogP) is 11.1. The summed E-state index contributed by atoms with van der Waals surface area (Å²) in [5, 5.41) is 11.6. The molecule has 0 rings (SSSR count). The molecule has 8 nitrogen and oxygen atoms in total. The van der Waals surface area contributed by atoms with Crippen LogP contribution in [0.2, 0.25) is 0 Å². The Hall–Kier alpha value is -2.71. The molecule has 0 amide bonds. The molecule has 0 aromatic carbocycles. The number of carboxylic acid groups (broad SMARTS) is 1. The number of hydrogen-bond donors (Lipinski definition) is 0. The summed E-state index contributed by atoms with van der Waals surface area (Å²) in [6.45, 7) is 4.59. The van der Waals surface area contributed by atoms with Crippen LogP contribution in [-0.2, 0) is 28.6 Å². The molecule has 8 heteroatoms. The Balaban J connectivity index is 4.43. The summed E-state index contributed by atoms with van der Waals surface area (Å²) in [4.78, 5) is 36.8. The van der Waals surface area contributed by atoms with E-state index in [4.69, 9.17) is 14.2 Å². The lowest BCUT2D eigenvalue weighted by Crippen LogP contribution is -2.55. The highest BCUT2D eigenvalue weighted by molar-refractivity contribution is 5.70. The highest BCUT2D eigenvalue weighted by Crippen LogP contribution is 2.13. The average Bonchev–Trinajstić information content (AvgIpc) is 3.15. The Kier molecular flexibility index (Phi) is 37.2. The van der Waals surface area contributed by atoms with Crippen LogP contribution in [0, 0.1) is 0 Å². The fraction of sp³-hybridized carbons (Fsp3) is 0.771. The van der Waals surface area contributed by atoms with Gasteiger partial charge in [-0.15, -0.1) is 0 Å². The van der Waals surface area contributed by atoms with E-state index in [1.807, 2.05) is 0 Å². The van der Waals surface area contributed by atoms with Gasteiger partial charge >= 0.3 is 11.9 Å². The molecule has 0 spiro atoms. The van der Waals surface area contributed by atoms with Crippen LogP contribution in [0.5, 0.6) is 0 Å². The van der Waals surface area contributed by atoms with Crippen LogP contribution in [0.4, 0.5) is 0 Å². The normalized spacial score (nSPS) is 13.4. The highest BCUT2D eigenvalue weighted by atomic mass is 16.6. The molecule has 2 atom stereocenters. The zero-order chi connectivity index (χ0) is 41.4. The lowest BCUT2D eigenvalue weighted by Gasteiger charge is -2.34. The molecule has 0 aliphatic rings. The average molecular weight is 788 g/mol. The number of carboxylic acids is 1. The third-order valence-electron chi connectivity index (χ3n) is 9.99. The van der Waals surface area contributed by atoms with E-state index >= 15 is 0 Å². The van der Waals surface area contributed by atoms with Crippen molar-refractivity contribution in [3.63, 3.8) is 0 Å². The standard InChI is InChI=1S/C48H85NO7/c1-6-8-10-12-14-16-18-20-22-24-26-28-30-32-34-36-38-46(50)55-43-44(42-54-41-40-45(48(52)53)49(3,4)5)56-47(51)39-37-35-33-31-29-27-25-23-21-19-17-15-13-11-9-7-2/h22-29,44-45H,6-21,30-43H2,1-5H3/b24-22+,25-23+,28-26+,29-27+. The third-order valence-corrected chi connectivity index (χ3v) is 9.99. The molecule has 0 radical (unpaired) electrons. The van der Waals surface area contributed by atoms with Crippen LogP contribution in [0.25, 0.3) is 0 Å². The summed E-state index contributed by atoms with van der Waals surface area (Å²) in [5.74, 6) is -1.80. The molecule has 0 aromatic heterocycles. The van der Waals surface area contributed by atoms with Gasteiger partial charge in [-0.2, -0.15) is 0 Å². The summed E-state index contributed by atoms with van der Waals surface area (Å²) in [6, 6.07) is -0.735. The van der Waals surface area contributed by atoms with Gasteiger partial charge in [0.15, 0.2) is 6.10 Å². The molecule has 56 heavy (non-hydrogen) atoms. The number of hydrogen-bond acceptors (Lipinski definition) is 7.